The Morgan fingerprint density at radius 3 is 2.13 bits per heavy atom. The maximum Gasteiger partial charge on any atom is 0.409 e. The van der Waals surface area contributed by atoms with Gasteiger partial charge in [-0.05, 0) is 34.7 Å². The molecule has 0 heterocycles. The molecule has 0 aliphatic heterocycles. The van der Waals surface area contributed by atoms with Gasteiger partial charge in [0.15, 0.2) is 0 Å². The van der Waals surface area contributed by atoms with Crippen LogP contribution in [0, 0.1) is 0 Å². The van der Waals surface area contributed by atoms with E-state index in [1.165, 1.54) is 7.11 Å². The lowest BCUT2D eigenvalue weighted by Crippen LogP contribution is -2.52. The highest BCUT2D eigenvalue weighted by Gasteiger charge is 2.29. The second-order valence-electron chi connectivity index (χ2n) is 4.85. The summed E-state index contributed by atoms with van der Waals surface area (Å²) in [6.07, 6.45) is -0.294. The Balaban J connectivity index is 4.46. The molecule has 0 N–H and O–H groups in total. The van der Waals surface area contributed by atoms with E-state index in [1.54, 1.807) is 11.9 Å². The minimum Gasteiger partial charge on any atom is -0.453 e. The summed E-state index contributed by atoms with van der Waals surface area (Å²) >= 11 is 0. The van der Waals surface area contributed by atoms with Crippen molar-refractivity contribution in [1.29, 1.82) is 0 Å². The van der Waals surface area contributed by atoms with E-state index in [-0.39, 0.29) is 11.6 Å². The Morgan fingerprint density at radius 2 is 1.80 bits per heavy atom. The summed E-state index contributed by atoms with van der Waals surface area (Å²) in [5.74, 6) is 0. The summed E-state index contributed by atoms with van der Waals surface area (Å²) in [4.78, 5) is 15.2. The van der Waals surface area contributed by atoms with Gasteiger partial charge in [-0.3, -0.25) is 0 Å². The number of ether oxygens (including phenoxy) is 1. The summed E-state index contributed by atoms with van der Waals surface area (Å²) in [5, 5.41) is 0. The van der Waals surface area contributed by atoms with Crippen molar-refractivity contribution < 1.29 is 9.53 Å². The fourth-order valence-corrected chi connectivity index (χ4v) is 1.28. The van der Waals surface area contributed by atoms with Crippen LogP contribution in [-0.4, -0.2) is 55.2 Å². The molecule has 90 valence electrons. The molecule has 15 heavy (non-hydrogen) atoms. The monoisotopic (exact) mass is 216 g/mol. The molecule has 0 aliphatic carbocycles. The lowest BCUT2D eigenvalue weighted by Gasteiger charge is -2.38. The zero-order chi connectivity index (χ0) is 12.2. The first kappa shape index (κ1) is 14.2. The minimum absolute atomic E-state index is 0.230. The molecule has 0 saturated heterocycles. The average Bonchev–Trinajstić information content (AvgIpc) is 2.14. The fourth-order valence-electron chi connectivity index (χ4n) is 1.28. The molecule has 0 rings (SSSR count). The number of rotatable bonds is 4. The molecular formula is C11H24N2O2. The van der Waals surface area contributed by atoms with Gasteiger partial charge in [0.05, 0.1) is 12.6 Å². The lowest BCUT2D eigenvalue weighted by atomic mass is 10.0. The number of hydrogen-bond acceptors (Lipinski definition) is 3. The van der Waals surface area contributed by atoms with Gasteiger partial charge in [-0.2, -0.15) is 0 Å². The van der Waals surface area contributed by atoms with E-state index in [2.05, 4.69) is 25.8 Å². The first-order valence-electron chi connectivity index (χ1n) is 5.24. The molecule has 0 spiro atoms. The molecule has 0 aliphatic rings. The first-order valence-corrected chi connectivity index (χ1v) is 5.24. The Hall–Kier alpha value is -0.770. The summed E-state index contributed by atoms with van der Waals surface area (Å²) < 4.78 is 4.71. The number of amides is 1. The minimum atomic E-state index is -0.294. The van der Waals surface area contributed by atoms with Gasteiger partial charge in [0.25, 0.3) is 0 Å². The summed E-state index contributed by atoms with van der Waals surface area (Å²) in [6.45, 7) is 9.14. The Morgan fingerprint density at radius 1 is 1.33 bits per heavy atom. The largest absolute Gasteiger partial charge is 0.453 e. The van der Waals surface area contributed by atoms with Crippen LogP contribution in [0.25, 0.3) is 0 Å². The maximum absolute atomic E-state index is 11.4. The van der Waals surface area contributed by atoms with Gasteiger partial charge in [0.2, 0.25) is 0 Å². The summed E-state index contributed by atoms with van der Waals surface area (Å²) in [6, 6.07) is 0.468. The Bertz CT molecular complexity index is 215. The zero-order valence-corrected chi connectivity index (χ0v) is 11.0. The van der Waals surface area contributed by atoms with E-state index >= 15 is 0 Å². The predicted molar refractivity (Wildman–Crippen MR) is 62.0 cm³/mol. The van der Waals surface area contributed by atoms with Gasteiger partial charge in [-0.25, -0.2) is 4.79 Å². The second kappa shape index (κ2) is 5.35. The van der Waals surface area contributed by atoms with Crippen molar-refractivity contribution in [1.82, 2.24) is 9.80 Å². The van der Waals surface area contributed by atoms with Gasteiger partial charge in [-0.15, -0.1) is 0 Å². The van der Waals surface area contributed by atoms with Crippen molar-refractivity contribution in [2.75, 3.05) is 27.7 Å². The topological polar surface area (TPSA) is 32.8 Å². The van der Waals surface area contributed by atoms with Crippen LogP contribution < -0.4 is 0 Å². The SMILES string of the molecule is COC(=O)N(C)C(C)(C)CN(C)C(C)C. The van der Waals surface area contributed by atoms with Crippen molar-refractivity contribution in [3.63, 3.8) is 0 Å². The van der Waals surface area contributed by atoms with Gasteiger partial charge in [0.1, 0.15) is 0 Å². The van der Waals surface area contributed by atoms with E-state index in [0.717, 1.165) is 6.54 Å². The molecule has 0 aromatic heterocycles. The average molecular weight is 216 g/mol. The highest BCUT2D eigenvalue weighted by atomic mass is 16.5. The highest BCUT2D eigenvalue weighted by Crippen LogP contribution is 2.15. The Labute approximate surface area is 93.2 Å². The molecule has 0 aromatic carbocycles. The molecule has 0 unspecified atom stereocenters. The quantitative estimate of drug-likeness (QED) is 0.718. The van der Waals surface area contributed by atoms with Crippen LogP contribution >= 0.6 is 0 Å². The van der Waals surface area contributed by atoms with Crippen LogP contribution in [-0.2, 0) is 4.74 Å². The molecule has 0 saturated carbocycles. The molecule has 1 amide bonds. The van der Waals surface area contributed by atoms with E-state index < -0.39 is 0 Å². The van der Waals surface area contributed by atoms with E-state index in [1.807, 2.05) is 13.8 Å². The van der Waals surface area contributed by atoms with Crippen LogP contribution in [0.15, 0.2) is 0 Å². The zero-order valence-electron chi connectivity index (χ0n) is 11.0. The van der Waals surface area contributed by atoms with Gasteiger partial charge < -0.3 is 14.5 Å². The molecular weight excluding hydrogens is 192 g/mol. The standard InChI is InChI=1S/C11H24N2O2/c1-9(2)12(5)8-11(3,4)13(6)10(14)15-7/h9H,8H2,1-7H3. The third-order valence-electron chi connectivity index (χ3n) is 2.87. The van der Waals surface area contributed by atoms with Crippen LogP contribution in [0.5, 0.6) is 0 Å². The number of carbonyl (C=O) groups is 1. The summed E-state index contributed by atoms with van der Waals surface area (Å²) in [7, 11) is 5.22. The van der Waals surface area contributed by atoms with Crippen molar-refractivity contribution >= 4 is 6.09 Å². The van der Waals surface area contributed by atoms with Crippen molar-refractivity contribution in [3.8, 4) is 0 Å². The first-order chi connectivity index (χ1) is 6.72. The van der Waals surface area contributed by atoms with Gasteiger partial charge >= 0.3 is 6.09 Å². The lowest BCUT2D eigenvalue weighted by molar-refractivity contribution is 0.0705. The number of carbonyl (C=O) groups excluding carboxylic acids is 1. The molecule has 0 atom stereocenters. The van der Waals surface area contributed by atoms with Crippen LogP contribution in [0.2, 0.25) is 0 Å². The van der Waals surface area contributed by atoms with Crippen LogP contribution in [0.1, 0.15) is 27.7 Å². The molecule has 4 heteroatoms. The summed E-state index contributed by atoms with van der Waals surface area (Å²) in [5.41, 5.74) is -0.230. The number of methoxy groups -OCH3 is 1. The Kier molecular flexibility index (Phi) is 5.08. The van der Waals surface area contributed by atoms with Crippen molar-refractivity contribution in [3.05, 3.63) is 0 Å². The highest BCUT2D eigenvalue weighted by molar-refractivity contribution is 5.68. The number of nitrogens with zero attached hydrogens (tertiary/aromatic N) is 2. The van der Waals surface area contributed by atoms with E-state index in [9.17, 15) is 4.79 Å². The van der Waals surface area contributed by atoms with Gasteiger partial charge in [0, 0.05) is 19.6 Å². The van der Waals surface area contributed by atoms with Crippen molar-refractivity contribution in [2.45, 2.75) is 39.3 Å². The normalized spacial score (nSPS) is 12.1. The maximum atomic E-state index is 11.4. The van der Waals surface area contributed by atoms with Crippen LogP contribution in [0.4, 0.5) is 4.79 Å². The molecule has 4 nitrogen and oxygen atoms in total. The molecule has 0 fully saturated rings. The predicted octanol–water partition coefficient (Wildman–Crippen LogP) is 1.80. The molecule has 0 radical (unpaired) electrons. The van der Waals surface area contributed by atoms with Crippen LogP contribution in [0.3, 0.4) is 0 Å². The smallest absolute Gasteiger partial charge is 0.409 e. The van der Waals surface area contributed by atoms with E-state index in [0.29, 0.717) is 6.04 Å². The van der Waals surface area contributed by atoms with E-state index in [4.69, 9.17) is 4.74 Å². The molecule has 0 bridgehead atoms. The second-order valence-corrected chi connectivity index (χ2v) is 4.85. The number of likely N-dealkylation sites (N-methyl/N-ethyl adjacent to an activating group) is 2. The van der Waals surface area contributed by atoms with Crippen molar-refractivity contribution in [2.24, 2.45) is 0 Å². The third-order valence-corrected chi connectivity index (χ3v) is 2.87. The van der Waals surface area contributed by atoms with Gasteiger partial charge in [-0.1, -0.05) is 0 Å². The number of hydrogen-bond donors (Lipinski definition) is 0. The third kappa shape index (κ3) is 4.08. The molecule has 0 aromatic rings. The fraction of sp³-hybridized carbons (Fsp3) is 0.909.